The van der Waals surface area contributed by atoms with E-state index in [0.717, 1.165) is 18.3 Å². The number of carbonyl (C=O) groups excluding carboxylic acids is 2. The van der Waals surface area contributed by atoms with E-state index >= 15 is 0 Å². The zero-order chi connectivity index (χ0) is 31.6. The standard InChI is InChI=1S/C31H32I2N4O7/c1-4-42-25-13-20(28-27(30(39)41-3)18(2)35-31(40)36-28)10-11-24(25)43-17-26(38)37-34-15-21-12-22(32)14-23(33)29(21)44-16-19-8-6-5-7-9-19/h5-15,26,28,37-38H,4,16-17H2,1-3H3,(H2,35,36,40)/b34-15+/t26-,28+/m1/s1. The summed E-state index contributed by atoms with van der Waals surface area (Å²) in [5, 5.41) is 20.1. The molecule has 4 N–H and O–H groups in total. The number of hydrogen-bond acceptors (Lipinski definition) is 9. The van der Waals surface area contributed by atoms with Crippen LogP contribution in [-0.2, 0) is 16.1 Å². The van der Waals surface area contributed by atoms with E-state index in [4.69, 9.17) is 18.9 Å². The number of esters is 1. The molecule has 0 saturated heterocycles. The molecule has 44 heavy (non-hydrogen) atoms. The van der Waals surface area contributed by atoms with Crippen LogP contribution >= 0.6 is 45.2 Å². The number of methoxy groups -OCH3 is 1. The molecule has 0 aromatic heterocycles. The van der Waals surface area contributed by atoms with Crippen molar-refractivity contribution in [2.24, 2.45) is 5.10 Å². The highest BCUT2D eigenvalue weighted by Crippen LogP contribution is 2.35. The third-order valence-corrected chi connectivity index (χ3v) is 7.79. The Bertz CT molecular complexity index is 1550. The van der Waals surface area contributed by atoms with Crippen molar-refractivity contribution in [2.45, 2.75) is 32.7 Å². The van der Waals surface area contributed by atoms with Crippen molar-refractivity contribution in [3.8, 4) is 17.2 Å². The number of rotatable bonds is 13. The minimum atomic E-state index is -1.14. The van der Waals surface area contributed by atoms with Gasteiger partial charge in [0.05, 0.1) is 35.1 Å². The molecule has 0 spiro atoms. The van der Waals surface area contributed by atoms with Crippen LogP contribution in [0.15, 0.2) is 77.0 Å². The summed E-state index contributed by atoms with van der Waals surface area (Å²) in [4.78, 5) is 24.6. The predicted octanol–water partition coefficient (Wildman–Crippen LogP) is 5.00. The fourth-order valence-corrected chi connectivity index (χ4v) is 6.42. The Morgan fingerprint density at radius 3 is 2.59 bits per heavy atom. The second-order valence-electron chi connectivity index (χ2n) is 9.50. The molecule has 1 aliphatic heterocycles. The number of benzene rings is 3. The summed E-state index contributed by atoms with van der Waals surface area (Å²) in [5.74, 6) is 0.870. The summed E-state index contributed by atoms with van der Waals surface area (Å²) < 4.78 is 24.6. The van der Waals surface area contributed by atoms with Crippen molar-refractivity contribution in [3.63, 3.8) is 0 Å². The Morgan fingerprint density at radius 1 is 1.09 bits per heavy atom. The Labute approximate surface area is 282 Å². The maximum absolute atomic E-state index is 12.5. The molecule has 0 bridgehead atoms. The number of halogens is 2. The topological polar surface area (TPSA) is 140 Å². The molecule has 2 atom stereocenters. The van der Waals surface area contributed by atoms with E-state index in [9.17, 15) is 14.7 Å². The number of ether oxygens (including phenoxy) is 4. The van der Waals surface area contributed by atoms with Gasteiger partial charge in [-0.1, -0.05) is 36.4 Å². The van der Waals surface area contributed by atoms with Crippen LogP contribution in [0.25, 0.3) is 0 Å². The lowest BCUT2D eigenvalue weighted by molar-refractivity contribution is -0.136. The van der Waals surface area contributed by atoms with Crippen LogP contribution in [0.4, 0.5) is 4.79 Å². The normalized spacial score (nSPS) is 15.3. The van der Waals surface area contributed by atoms with Gasteiger partial charge in [-0.25, -0.2) is 9.59 Å². The van der Waals surface area contributed by atoms with Crippen LogP contribution in [0, 0.1) is 7.14 Å². The second kappa shape index (κ2) is 15.9. The van der Waals surface area contributed by atoms with Gasteiger partial charge in [-0.3, -0.25) is 5.43 Å². The number of allylic oxidation sites excluding steroid dienone is 1. The van der Waals surface area contributed by atoms with E-state index in [2.05, 4.69) is 66.3 Å². The molecule has 13 heteroatoms. The van der Waals surface area contributed by atoms with Gasteiger partial charge >= 0.3 is 12.0 Å². The molecule has 3 aromatic carbocycles. The third-order valence-electron chi connectivity index (χ3n) is 6.36. The van der Waals surface area contributed by atoms with Crippen molar-refractivity contribution in [1.29, 1.82) is 0 Å². The third kappa shape index (κ3) is 8.75. The van der Waals surface area contributed by atoms with Gasteiger partial charge in [0.1, 0.15) is 19.0 Å². The van der Waals surface area contributed by atoms with Crippen LogP contribution in [0.5, 0.6) is 17.2 Å². The Balaban J connectivity index is 1.42. The second-order valence-corrected chi connectivity index (χ2v) is 11.9. The van der Waals surface area contributed by atoms with Crippen LogP contribution in [0.2, 0.25) is 0 Å². The SMILES string of the molecule is CCOc1cc([C@@H]2NC(=O)NC(C)=C2C(=O)OC)ccc1OC[C@@H](O)N/N=C/c1cc(I)cc(I)c1OCc1ccccc1. The highest BCUT2D eigenvalue weighted by Gasteiger charge is 2.32. The Hall–Kier alpha value is -3.57. The number of hydrogen-bond donors (Lipinski definition) is 4. The molecule has 1 aliphatic rings. The number of carbonyl (C=O) groups is 2. The van der Waals surface area contributed by atoms with Gasteiger partial charge in [-0.2, -0.15) is 5.10 Å². The van der Waals surface area contributed by atoms with E-state index in [-0.39, 0.29) is 12.2 Å². The molecule has 1 heterocycles. The molecule has 11 nitrogen and oxygen atoms in total. The molecule has 0 fully saturated rings. The minimum absolute atomic E-state index is 0.144. The average Bonchev–Trinajstić information content (AvgIpc) is 3.00. The fraction of sp³-hybridized carbons (Fsp3) is 0.258. The van der Waals surface area contributed by atoms with Gasteiger partial charge in [0.25, 0.3) is 0 Å². The summed E-state index contributed by atoms with van der Waals surface area (Å²) in [6.45, 7) is 4.06. The Kier molecular flexibility index (Phi) is 12.1. The van der Waals surface area contributed by atoms with Crippen molar-refractivity contribution in [1.82, 2.24) is 16.1 Å². The summed E-state index contributed by atoms with van der Waals surface area (Å²) >= 11 is 4.47. The van der Waals surface area contributed by atoms with E-state index in [1.54, 1.807) is 31.3 Å². The first-order valence-corrected chi connectivity index (χ1v) is 15.7. The van der Waals surface area contributed by atoms with Crippen LogP contribution in [0.3, 0.4) is 0 Å². The molecule has 0 unspecified atom stereocenters. The van der Waals surface area contributed by atoms with Crippen molar-refractivity contribution in [3.05, 3.63) is 95.8 Å². The molecular formula is C31H32I2N4O7. The van der Waals surface area contributed by atoms with E-state index < -0.39 is 24.3 Å². The van der Waals surface area contributed by atoms with Crippen molar-refractivity contribution >= 4 is 63.4 Å². The maximum atomic E-state index is 12.5. The number of nitrogens with one attached hydrogen (secondary N) is 3. The van der Waals surface area contributed by atoms with Gasteiger partial charge in [0, 0.05) is 14.8 Å². The number of hydrazone groups is 1. The van der Waals surface area contributed by atoms with Gasteiger partial charge in [-0.15, -0.1) is 0 Å². The summed E-state index contributed by atoms with van der Waals surface area (Å²) in [6, 6.07) is 17.7. The molecular weight excluding hydrogens is 794 g/mol. The quantitative estimate of drug-likeness (QED) is 0.0622. The fourth-order valence-electron chi connectivity index (χ4n) is 4.37. The monoisotopic (exact) mass is 826 g/mol. The average molecular weight is 826 g/mol. The molecule has 0 aliphatic carbocycles. The summed E-state index contributed by atoms with van der Waals surface area (Å²) in [5.41, 5.74) is 5.75. The van der Waals surface area contributed by atoms with Gasteiger partial charge < -0.3 is 34.7 Å². The number of amides is 2. The number of urea groups is 1. The predicted molar refractivity (Wildman–Crippen MR) is 182 cm³/mol. The zero-order valence-corrected chi connectivity index (χ0v) is 28.5. The van der Waals surface area contributed by atoms with Crippen LogP contribution in [0.1, 0.15) is 36.6 Å². The molecule has 4 rings (SSSR count). The van der Waals surface area contributed by atoms with Gasteiger partial charge in [0.15, 0.2) is 17.7 Å². The highest BCUT2D eigenvalue weighted by atomic mass is 127. The molecule has 0 saturated carbocycles. The molecule has 232 valence electrons. The molecule has 3 aromatic rings. The van der Waals surface area contributed by atoms with Crippen molar-refractivity contribution < 1.29 is 33.6 Å². The first kappa shape index (κ1) is 33.3. The van der Waals surface area contributed by atoms with E-state index in [0.29, 0.717) is 41.7 Å². The minimum Gasteiger partial charge on any atom is -0.490 e. The molecule has 0 radical (unpaired) electrons. The van der Waals surface area contributed by atoms with Crippen LogP contribution in [-0.4, -0.2) is 49.9 Å². The smallest absolute Gasteiger partial charge is 0.337 e. The van der Waals surface area contributed by atoms with Crippen LogP contribution < -0.4 is 30.3 Å². The summed E-state index contributed by atoms with van der Waals surface area (Å²) in [7, 11) is 1.28. The highest BCUT2D eigenvalue weighted by molar-refractivity contribution is 14.1. The van der Waals surface area contributed by atoms with Crippen molar-refractivity contribution in [2.75, 3.05) is 20.3 Å². The first-order valence-electron chi connectivity index (χ1n) is 13.6. The van der Waals surface area contributed by atoms with E-state index in [1.807, 2.05) is 49.4 Å². The lowest BCUT2D eigenvalue weighted by Crippen LogP contribution is -2.45. The number of aliphatic hydroxyl groups excluding tert-OH is 1. The van der Waals surface area contributed by atoms with Gasteiger partial charge in [-0.05, 0) is 94.4 Å². The lowest BCUT2D eigenvalue weighted by atomic mass is 9.95. The number of aliphatic hydroxyl groups is 1. The summed E-state index contributed by atoms with van der Waals surface area (Å²) in [6.07, 6.45) is 0.451. The number of nitrogens with zero attached hydrogens (tertiary/aromatic N) is 1. The zero-order valence-electron chi connectivity index (χ0n) is 24.2. The lowest BCUT2D eigenvalue weighted by Gasteiger charge is -2.28. The first-order chi connectivity index (χ1) is 21.2. The molecule has 2 amide bonds. The van der Waals surface area contributed by atoms with Gasteiger partial charge in [0.2, 0.25) is 0 Å². The van der Waals surface area contributed by atoms with E-state index in [1.165, 1.54) is 7.11 Å². The largest absolute Gasteiger partial charge is 0.490 e. The maximum Gasteiger partial charge on any atom is 0.337 e. The Morgan fingerprint density at radius 2 is 1.86 bits per heavy atom.